The van der Waals surface area contributed by atoms with Gasteiger partial charge in [-0.3, -0.25) is 4.79 Å². The lowest BCUT2D eigenvalue weighted by Gasteiger charge is -2.27. The second-order valence-electron chi connectivity index (χ2n) is 6.60. The van der Waals surface area contributed by atoms with Gasteiger partial charge in [0.2, 0.25) is 5.91 Å². The largest absolute Gasteiger partial charge is 0.492 e. The molecule has 24 heavy (non-hydrogen) atoms. The number of nitrogens with two attached hydrogens (primary N) is 1. The van der Waals surface area contributed by atoms with Crippen molar-refractivity contribution >= 4 is 5.91 Å². The first-order valence-electron chi connectivity index (χ1n) is 8.19. The summed E-state index contributed by atoms with van der Waals surface area (Å²) in [5.41, 5.74) is 5.41. The van der Waals surface area contributed by atoms with E-state index in [2.05, 4.69) is 5.32 Å². The highest BCUT2D eigenvalue weighted by Crippen LogP contribution is 2.47. The molecule has 3 rings (SSSR count). The third-order valence-electron chi connectivity index (χ3n) is 5.14. The molecule has 3 N–H and O–H groups in total. The van der Waals surface area contributed by atoms with E-state index in [1.165, 1.54) is 12.1 Å². The predicted molar refractivity (Wildman–Crippen MR) is 82.2 cm³/mol. The maximum absolute atomic E-state index is 12.5. The minimum atomic E-state index is -4.36. The first-order chi connectivity index (χ1) is 11.4. The van der Waals surface area contributed by atoms with Crippen LogP contribution in [-0.2, 0) is 11.0 Å². The van der Waals surface area contributed by atoms with Crippen LogP contribution in [-0.4, -0.2) is 25.1 Å². The molecule has 0 radical (unpaired) electrons. The number of carbonyl (C=O) groups is 1. The first kappa shape index (κ1) is 17.1. The van der Waals surface area contributed by atoms with Gasteiger partial charge in [-0.25, -0.2) is 0 Å². The summed E-state index contributed by atoms with van der Waals surface area (Å²) in [6.45, 7) is 0.508. The highest BCUT2D eigenvalue weighted by atomic mass is 19.4. The highest BCUT2D eigenvalue weighted by molar-refractivity contribution is 5.80. The molecule has 4 nitrogen and oxygen atoms in total. The van der Waals surface area contributed by atoms with Crippen molar-refractivity contribution in [2.45, 2.75) is 31.5 Å². The molecule has 0 saturated heterocycles. The van der Waals surface area contributed by atoms with Crippen LogP contribution in [0.1, 0.15) is 24.8 Å². The van der Waals surface area contributed by atoms with Gasteiger partial charge in [-0.1, -0.05) is 0 Å². The quantitative estimate of drug-likeness (QED) is 0.809. The Labute approximate surface area is 138 Å². The van der Waals surface area contributed by atoms with Crippen LogP contribution in [0.25, 0.3) is 0 Å². The molecule has 0 spiro atoms. The number of hydrogen-bond donors (Lipinski definition) is 2. The average molecular weight is 342 g/mol. The molecule has 2 aliphatic carbocycles. The van der Waals surface area contributed by atoms with Gasteiger partial charge in [0, 0.05) is 6.04 Å². The normalized spacial score (nSPS) is 28.8. The molecule has 2 bridgehead atoms. The van der Waals surface area contributed by atoms with Crippen LogP contribution in [0.5, 0.6) is 5.75 Å². The number of ether oxygens (including phenoxy) is 1. The van der Waals surface area contributed by atoms with E-state index < -0.39 is 11.7 Å². The van der Waals surface area contributed by atoms with Crippen LogP contribution in [0.15, 0.2) is 24.3 Å². The summed E-state index contributed by atoms with van der Waals surface area (Å²) in [6, 6.07) is 4.44. The molecule has 7 heteroatoms. The summed E-state index contributed by atoms with van der Waals surface area (Å²) in [7, 11) is 0. The van der Waals surface area contributed by atoms with Crippen LogP contribution in [0, 0.1) is 17.8 Å². The van der Waals surface area contributed by atoms with Gasteiger partial charge in [0.05, 0.1) is 18.0 Å². The molecular formula is C17H21F3N2O2. The Morgan fingerprint density at radius 1 is 1.21 bits per heavy atom. The van der Waals surface area contributed by atoms with Crippen molar-refractivity contribution in [2.24, 2.45) is 23.5 Å². The van der Waals surface area contributed by atoms with Crippen LogP contribution in [0.3, 0.4) is 0 Å². The number of carbonyl (C=O) groups excluding carboxylic acids is 1. The van der Waals surface area contributed by atoms with Gasteiger partial charge in [-0.15, -0.1) is 0 Å². The smallest absolute Gasteiger partial charge is 0.416 e. The van der Waals surface area contributed by atoms with Crippen molar-refractivity contribution < 1.29 is 22.7 Å². The van der Waals surface area contributed by atoms with Crippen LogP contribution in [0.4, 0.5) is 13.2 Å². The summed E-state index contributed by atoms with van der Waals surface area (Å²) in [5, 5.41) is 2.82. The monoisotopic (exact) mass is 342 g/mol. The molecule has 0 aromatic heterocycles. The van der Waals surface area contributed by atoms with E-state index in [1.54, 1.807) is 0 Å². The number of halogens is 3. The van der Waals surface area contributed by atoms with Crippen molar-refractivity contribution in [3.05, 3.63) is 29.8 Å². The van der Waals surface area contributed by atoms with Crippen molar-refractivity contribution in [1.29, 1.82) is 0 Å². The van der Waals surface area contributed by atoms with Gasteiger partial charge in [-0.2, -0.15) is 13.2 Å². The zero-order valence-electron chi connectivity index (χ0n) is 13.2. The van der Waals surface area contributed by atoms with Gasteiger partial charge in [-0.05, 0) is 55.4 Å². The number of amides is 1. The standard InChI is InChI=1S/C17H21F3N2O2/c18-17(19,20)12-3-5-13(6-4-12)24-8-7-22-16(23)14-10-1-2-11(9-10)15(14)21/h3-6,10-11,14-15H,1-2,7-9,21H2,(H,22,23). The maximum atomic E-state index is 12.5. The van der Waals surface area contributed by atoms with Gasteiger partial charge >= 0.3 is 6.18 Å². The molecule has 132 valence electrons. The highest BCUT2D eigenvalue weighted by Gasteiger charge is 2.48. The lowest BCUT2D eigenvalue weighted by molar-refractivity contribution is -0.137. The molecule has 4 unspecified atom stereocenters. The average Bonchev–Trinajstić information content (AvgIpc) is 3.12. The lowest BCUT2D eigenvalue weighted by atomic mass is 9.84. The second kappa shape index (κ2) is 6.63. The number of nitrogens with one attached hydrogen (secondary N) is 1. The van der Waals surface area contributed by atoms with Crippen LogP contribution >= 0.6 is 0 Å². The Morgan fingerprint density at radius 3 is 2.46 bits per heavy atom. The number of fused-ring (bicyclic) bond motifs is 2. The molecule has 2 aliphatic rings. The number of hydrogen-bond acceptors (Lipinski definition) is 3. The molecule has 4 atom stereocenters. The molecule has 2 saturated carbocycles. The van der Waals surface area contributed by atoms with E-state index in [0.29, 0.717) is 24.1 Å². The molecular weight excluding hydrogens is 321 g/mol. The summed E-state index contributed by atoms with van der Waals surface area (Å²) < 4.78 is 42.7. The van der Waals surface area contributed by atoms with E-state index in [0.717, 1.165) is 31.4 Å². The van der Waals surface area contributed by atoms with Gasteiger partial charge < -0.3 is 15.8 Å². The molecule has 0 heterocycles. The zero-order chi connectivity index (χ0) is 17.3. The van der Waals surface area contributed by atoms with Gasteiger partial charge in [0.1, 0.15) is 12.4 Å². The zero-order valence-corrected chi connectivity index (χ0v) is 13.2. The number of alkyl halides is 3. The van der Waals surface area contributed by atoms with E-state index in [-0.39, 0.29) is 24.5 Å². The van der Waals surface area contributed by atoms with E-state index >= 15 is 0 Å². The first-order valence-corrected chi connectivity index (χ1v) is 8.19. The third kappa shape index (κ3) is 3.50. The van der Waals surface area contributed by atoms with Crippen molar-refractivity contribution in [3.8, 4) is 5.75 Å². The third-order valence-corrected chi connectivity index (χ3v) is 5.14. The maximum Gasteiger partial charge on any atom is 0.416 e. The lowest BCUT2D eigenvalue weighted by Crippen LogP contribution is -2.46. The second-order valence-corrected chi connectivity index (χ2v) is 6.60. The minimum Gasteiger partial charge on any atom is -0.492 e. The summed E-state index contributed by atoms with van der Waals surface area (Å²) in [6.07, 6.45) is -1.13. The fourth-order valence-corrected chi connectivity index (χ4v) is 3.93. The summed E-state index contributed by atoms with van der Waals surface area (Å²) >= 11 is 0. The minimum absolute atomic E-state index is 0.0364. The van der Waals surface area contributed by atoms with E-state index in [1.807, 2.05) is 0 Å². The Balaban J connectivity index is 1.42. The molecule has 1 aromatic rings. The van der Waals surface area contributed by atoms with Crippen molar-refractivity contribution in [3.63, 3.8) is 0 Å². The number of benzene rings is 1. The Hall–Kier alpha value is -1.76. The Kier molecular flexibility index (Phi) is 4.71. The summed E-state index contributed by atoms with van der Waals surface area (Å²) in [4.78, 5) is 12.2. The Morgan fingerprint density at radius 2 is 1.88 bits per heavy atom. The molecule has 1 aromatic carbocycles. The fraction of sp³-hybridized carbons (Fsp3) is 0.588. The predicted octanol–water partition coefficient (Wildman–Crippen LogP) is 2.57. The van der Waals surface area contributed by atoms with E-state index in [9.17, 15) is 18.0 Å². The Bertz CT molecular complexity index is 586. The van der Waals surface area contributed by atoms with Crippen LogP contribution < -0.4 is 15.8 Å². The summed E-state index contributed by atoms with van der Waals surface area (Å²) in [5.74, 6) is 1.05. The van der Waals surface area contributed by atoms with Crippen molar-refractivity contribution in [2.75, 3.05) is 13.2 Å². The molecule has 1 amide bonds. The van der Waals surface area contributed by atoms with Gasteiger partial charge in [0.25, 0.3) is 0 Å². The van der Waals surface area contributed by atoms with E-state index in [4.69, 9.17) is 10.5 Å². The number of rotatable bonds is 5. The van der Waals surface area contributed by atoms with Gasteiger partial charge in [0.15, 0.2) is 0 Å². The SMILES string of the molecule is NC1C2CCC(C2)C1C(=O)NCCOc1ccc(C(F)(F)F)cc1. The van der Waals surface area contributed by atoms with Crippen molar-refractivity contribution in [1.82, 2.24) is 5.32 Å². The van der Waals surface area contributed by atoms with Crippen LogP contribution in [0.2, 0.25) is 0 Å². The molecule has 0 aliphatic heterocycles. The fourth-order valence-electron chi connectivity index (χ4n) is 3.93. The topological polar surface area (TPSA) is 64.4 Å². The molecule has 2 fully saturated rings.